The van der Waals surface area contributed by atoms with Crippen LogP contribution in [-0.2, 0) is 22.4 Å². The number of ketones is 1. The quantitative estimate of drug-likeness (QED) is 0.299. The van der Waals surface area contributed by atoms with Crippen LogP contribution >= 0.6 is 0 Å². The molecule has 260 valence electrons. The minimum Gasteiger partial charge on any atom is -0.477 e. The van der Waals surface area contributed by atoms with Crippen molar-refractivity contribution in [3.8, 4) is 17.5 Å². The maximum Gasteiger partial charge on any atom is 0.410 e. The average Bonchev–Trinajstić information content (AvgIpc) is 3.41. The van der Waals surface area contributed by atoms with Gasteiger partial charge in [0.2, 0.25) is 17.5 Å². The molecule has 1 spiro atoms. The molecule has 0 bridgehead atoms. The number of anilines is 1. The molecule has 11 nitrogen and oxygen atoms in total. The van der Waals surface area contributed by atoms with E-state index in [9.17, 15) is 9.59 Å². The van der Waals surface area contributed by atoms with Crippen molar-refractivity contribution >= 4 is 17.7 Å². The molecule has 1 aliphatic heterocycles. The van der Waals surface area contributed by atoms with Crippen molar-refractivity contribution in [1.29, 1.82) is 0 Å². The fraction of sp³-hybridized carbons (Fsp3) is 0.750. The van der Waals surface area contributed by atoms with Crippen LogP contribution in [0.4, 0.5) is 10.6 Å². The Hall–Kier alpha value is -3.21. The first-order valence-electron chi connectivity index (χ1n) is 18.0. The summed E-state index contributed by atoms with van der Waals surface area (Å²) in [6.07, 6.45) is 12.4. The SMILES string of the molecule is CNCCC[C@H](C)COc1cc(N2CCN(C(=O)OC(C)(C)C)C3(CCC3)C2)nc(-c2onc3c2CCCCC(=O)CCCCC3)n1. The Morgan fingerprint density at radius 3 is 2.51 bits per heavy atom. The molecule has 2 aromatic heterocycles. The summed E-state index contributed by atoms with van der Waals surface area (Å²) in [5.41, 5.74) is 1.20. The Balaban J connectivity index is 1.43. The average molecular weight is 653 g/mol. The molecule has 11 heteroatoms. The molecule has 1 saturated heterocycles. The molecule has 1 atom stereocenters. The lowest BCUT2D eigenvalue weighted by Gasteiger charge is -2.55. The summed E-state index contributed by atoms with van der Waals surface area (Å²) in [5.74, 6) is 3.11. The van der Waals surface area contributed by atoms with Crippen LogP contribution in [-0.4, -0.2) is 82.9 Å². The molecule has 2 fully saturated rings. The Morgan fingerprint density at radius 1 is 1.04 bits per heavy atom. The molecule has 1 amide bonds. The third kappa shape index (κ3) is 9.24. The fourth-order valence-electron chi connectivity index (χ4n) is 6.99. The zero-order valence-corrected chi connectivity index (χ0v) is 29.4. The zero-order chi connectivity index (χ0) is 33.4. The number of hydrogen-bond acceptors (Lipinski definition) is 10. The van der Waals surface area contributed by atoms with Crippen molar-refractivity contribution in [2.24, 2.45) is 5.92 Å². The minimum absolute atomic E-state index is 0.239. The summed E-state index contributed by atoms with van der Waals surface area (Å²) in [5, 5.41) is 7.75. The number of nitrogens with one attached hydrogen (secondary N) is 1. The van der Waals surface area contributed by atoms with Gasteiger partial charge in [-0.15, -0.1) is 0 Å². The second kappa shape index (κ2) is 15.8. The highest BCUT2D eigenvalue weighted by Gasteiger charge is 2.50. The number of aryl methyl sites for hydroxylation is 1. The number of fused-ring (bicyclic) bond motifs is 1. The van der Waals surface area contributed by atoms with Crippen molar-refractivity contribution < 1.29 is 23.6 Å². The Kier molecular flexibility index (Phi) is 11.8. The lowest BCUT2D eigenvalue weighted by molar-refractivity contribution is -0.119. The fourth-order valence-corrected chi connectivity index (χ4v) is 6.99. The molecule has 3 aliphatic rings. The standard InChI is InChI=1S/C36H56N6O5/c1-26(13-11-20-37-5)24-45-31-23-30(41-21-22-42(34(44)46-35(2,3)4)36(25-41)18-12-19-36)38-33(39-31)32-28-16-10-9-15-27(43)14-7-6-8-17-29(28)40-47-32/h23,26,37H,6-22,24-25H2,1-5H3/t26-/m0/s1. The van der Waals surface area contributed by atoms with Crippen LogP contribution in [0.2, 0.25) is 0 Å². The number of rotatable bonds is 9. The first-order chi connectivity index (χ1) is 22.6. The molecule has 2 aromatic rings. The third-order valence-electron chi connectivity index (χ3n) is 9.78. The Labute approximate surface area is 280 Å². The maximum absolute atomic E-state index is 13.3. The number of carbonyl (C=O) groups is 2. The van der Waals surface area contributed by atoms with Gasteiger partial charge in [-0.2, -0.15) is 4.98 Å². The number of hydrogen-bond donors (Lipinski definition) is 1. The van der Waals surface area contributed by atoms with Gasteiger partial charge in [0.15, 0.2) is 0 Å². The van der Waals surface area contributed by atoms with E-state index in [4.69, 9.17) is 24.0 Å². The molecule has 0 aromatic carbocycles. The zero-order valence-electron chi connectivity index (χ0n) is 29.4. The van der Waals surface area contributed by atoms with Crippen molar-refractivity contribution in [1.82, 2.24) is 25.3 Å². The van der Waals surface area contributed by atoms with Gasteiger partial charge < -0.3 is 24.2 Å². The Bertz CT molecular complexity index is 1350. The predicted molar refractivity (Wildman–Crippen MR) is 182 cm³/mol. The highest BCUT2D eigenvalue weighted by molar-refractivity contribution is 5.78. The van der Waals surface area contributed by atoms with Gasteiger partial charge in [0.05, 0.1) is 17.8 Å². The van der Waals surface area contributed by atoms with E-state index < -0.39 is 5.60 Å². The molecular weight excluding hydrogens is 596 g/mol. The normalized spacial score (nSPS) is 19.7. The second-order valence-corrected chi connectivity index (χ2v) is 14.9. The summed E-state index contributed by atoms with van der Waals surface area (Å²) < 4.78 is 18.2. The first-order valence-corrected chi connectivity index (χ1v) is 18.0. The predicted octanol–water partition coefficient (Wildman–Crippen LogP) is 6.52. The van der Waals surface area contributed by atoms with Gasteiger partial charge in [0.1, 0.15) is 17.2 Å². The van der Waals surface area contributed by atoms with Crippen LogP contribution in [0.1, 0.15) is 116 Å². The van der Waals surface area contributed by atoms with Crippen LogP contribution < -0.4 is 15.0 Å². The van der Waals surface area contributed by atoms with Crippen LogP contribution in [0, 0.1) is 5.92 Å². The maximum atomic E-state index is 13.3. The van der Waals surface area contributed by atoms with E-state index >= 15 is 0 Å². The van der Waals surface area contributed by atoms with E-state index in [2.05, 4.69) is 22.3 Å². The summed E-state index contributed by atoms with van der Waals surface area (Å²) in [4.78, 5) is 39.8. The third-order valence-corrected chi connectivity index (χ3v) is 9.78. The molecule has 1 saturated carbocycles. The first kappa shape index (κ1) is 35.1. The van der Waals surface area contributed by atoms with E-state index in [1.807, 2.05) is 38.8 Å². The molecule has 0 unspecified atom stereocenters. The Morgan fingerprint density at radius 2 is 1.79 bits per heavy atom. The van der Waals surface area contributed by atoms with E-state index in [-0.39, 0.29) is 11.6 Å². The highest BCUT2D eigenvalue weighted by Crippen LogP contribution is 2.42. The monoisotopic (exact) mass is 652 g/mol. The highest BCUT2D eigenvalue weighted by atomic mass is 16.6. The largest absolute Gasteiger partial charge is 0.477 e. The van der Waals surface area contributed by atoms with Crippen LogP contribution in [0.25, 0.3) is 11.6 Å². The summed E-state index contributed by atoms with van der Waals surface area (Å²) in [6.45, 7) is 11.3. The second-order valence-electron chi connectivity index (χ2n) is 14.9. The number of nitrogens with zero attached hydrogens (tertiary/aromatic N) is 5. The van der Waals surface area contributed by atoms with Gasteiger partial charge in [0.25, 0.3) is 0 Å². The van der Waals surface area contributed by atoms with Gasteiger partial charge in [-0.1, -0.05) is 18.5 Å². The van der Waals surface area contributed by atoms with Crippen LogP contribution in [0.5, 0.6) is 5.88 Å². The number of amides is 1. The van der Waals surface area contributed by atoms with Gasteiger partial charge >= 0.3 is 6.09 Å². The molecule has 5 rings (SSSR count). The van der Waals surface area contributed by atoms with Gasteiger partial charge in [-0.3, -0.25) is 9.69 Å². The number of Topliss-reactive ketones (excluding diaryl/α,β-unsaturated/α-hetero) is 1. The molecule has 0 radical (unpaired) electrons. The van der Waals surface area contributed by atoms with Crippen molar-refractivity contribution in [3.05, 3.63) is 17.3 Å². The minimum atomic E-state index is -0.544. The van der Waals surface area contributed by atoms with E-state index in [0.717, 1.165) is 101 Å². The number of carbonyl (C=O) groups excluding carboxylic acids is 2. The number of aromatic nitrogens is 3. The van der Waals surface area contributed by atoms with Gasteiger partial charge in [0, 0.05) is 44.1 Å². The van der Waals surface area contributed by atoms with Crippen LogP contribution in [0.15, 0.2) is 10.6 Å². The van der Waals surface area contributed by atoms with E-state index in [1.165, 1.54) is 0 Å². The number of piperazine rings is 1. The van der Waals surface area contributed by atoms with Gasteiger partial charge in [-0.25, -0.2) is 9.78 Å². The molecule has 47 heavy (non-hydrogen) atoms. The molecule has 1 N–H and O–H groups in total. The van der Waals surface area contributed by atoms with Crippen molar-refractivity contribution in [3.63, 3.8) is 0 Å². The molecule has 3 heterocycles. The summed E-state index contributed by atoms with van der Waals surface area (Å²) in [6, 6.07) is 1.94. The number of ether oxygens (including phenoxy) is 2. The lowest BCUT2D eigenvalue weighted by atomic mass is 9.74. The lowest BCUT2D eigenvalue weighted by Crippen LogP contribution is -2.67. The van der Waals surface area contributed by atoms with E-state index in [1.54, 1.807) is 0 Å². The molecular formula is C36H56N6O5. The van der Waals surface area contributed by atoms with Gasteiger partial charge in [-0.05, 0) is 111 Å². The summed E-state index contributed by atoms with van der Waals surface area (Å²) in [7, 11) is 1.98. The summed E-state index contributed by atoms with van der Waals surface area (Å²) >= 11 is 0. The van der Waals surface area contributed by atoms with Crippen molar-refractivity contribution in [2.45, 2.75) is 129 Å². The topological polar surface area (TPSA) is 123 Å². The van der Waals surface area contributed by atoms with Crippen LogP contribution in [0.3, 0.4) is 0 Å². The van der Waals surface area contributed by atoms with Crippen molar-refractivity contribution in [2.75, 3.05) is 44.7 Å². The van der Waals surface area contributed by atoms with E-state index in [0.29, 0.717) is 68.2 Å². The smallest absolute Gasteiger partial charge is 0.410 e. The molecule has 2 aliphatic carbocycles.